The third kappa shape index (κ3) is 5.38. The first-order chi connectivity index (χ1) is 12.7. The maximum absolute atomic E-state index is 12.8. The fraction of sp³-hybridized carbons (Fsp3) is 0.450. The molecule has 2 aliphatic carbocycles. The summed E-state index contributed by atoms with van der Waals surface area (Å²) < 4.78 is 0. The number of hydrogen-bond donors (Lipinski definition) is 2. The number of halogens is 2. The van der Waals surface area contributed by atoms with Crippen LogP contribution in [0, 0.1) is 17.8 Å². The molecule has 4 rings (SSSR count). The third-order valence-corrected chi connectivity index (χ3v) is 6.52. The van der Waals surface area contributed by atoms with E-state index in [1.54, 1.807) is 12.4 Å². The molecule has 2 aromatic heterocycles. The van der Waals surface area contributed by atoms with E-state index in [1.807, 2.05) is 30.3 Å². The predicted octanol–water partition coefficient (Wildman–Crippen LogP) is 4.56. The van der Waals surface area contributed by atoms with Crippen molar-refractivity contribution in [1.29, 1.82) is 0 Å². The quantitative estimate of drug-likeness (QED) is 0.727. The Balaban J connectivity index is 0.00000140. The van der Waals surface area contributed by atoms with Gasteiger partial charge in [-0.2, -0.15) is 0 Å². The molecule has 2 bridgehead atoms. The Labute approximate surface area is 182 Å². The second kappa shape index (κ2) is 10.4. The Bertz CT molecular complexity index is 766. The molecule has 2 aliphatic rings. The normalized spacial score (nSPS) is 25.8. The van der Waals surface area contributed by atoms with E-state index in [1.165, 1.54) is 31.0 Å². The third-order valence-electron chi connectivity index (χ3n) is 5.63. The van der Waals surface area contributed by atoms with Gasteiger partial charge in [0, 0.05) is 30.0 Å². The molecule has 2 atom stereocenters. The van der Waals surface area contributed by atoms with Gasteiger partial charge in [-0.3, -0.25) is 4.79 Å². The Morgan fingerprint density at radius 1 is 1.04 bits per heavy atom. The molecule has 5 nitrogen and oxygen atoms in total. The van der Waals surface area contributed by atoms with E-state index >= 15 is 0 Å². The van der Waals surface area contributed by atoms with Crippen molar-refractivity contribution in [1.82, 2.24) is 9.97 Å². The van der Waals surface area contributed by atoms with Gasteiger partial charge in [0.15, 0.2) is 0 Å². The molecule has 2 unspecified atom stereocenters. The lowest BCUT2D eigenvalue weighted by Crippen LogP contribution is -2.48. The zero-order valence-electron chi connectivity index (χ0n) is 15.5. The van der Waals surface area contributed by atoms with Crippen LogP contribution in [0.3, 0.4) is 0 Å². The summed E-state index contributed by atoms with van der Waals surface area (Å²) in [5, 5.41) is 4.80. The highest BCUT2D eigenvalue weighted by Crippen LogP contribution is 2.42. The molecule has 152 valence electrons. The van der Waals surface area contributed by atoms with Gasteiger partial charge in [0.2, 0.25) is 5.91 Å². The molecule has 2 fully saturated rings. The molecule has 2 heterocycles. The first kappa shape index (κ1) is 22.9. The Morgan fingerprint density at radius 2 is 1.75 bits per heavy atom. The van der Waals surface area contributed by atoms with Crippen LogP contribution >= 0.6 is 36.6 Å². The number of carbonyl (C=O) groups is 1. The number of aromatic nitrogens is 2. The molecule has 0 aliphatic heterocycles. The van der Waals surface area contributed by atoms with Gasteiger partial charge in [-0.1, -0.05) is 24.2 Å². The summed E-state index contributed by atoms with van der Waals surface area (Å²) in [5.41, 5.74) is 7.14. The predicted molar refractivity (Wildman–Crippen MR) is 117 cm³/mol. The van der Waals surface area contributed by atoms with E-state index in [0.717, 1.165) is 28.6 Å². The fourth-order valence-electron chi connectivity index (χ4n) is 4.31. The number of anilines is 1. The van der Waals surface area contributed by atoms with Crippen LogP contribution in [-0.4, -0.2) is 21.9 Å². The van der Waals surface area contributed by atoms with Crippen LogP contribution in [0.2, 0.25) is 0 Å². The molecule has 0 radical (unpaired) electrons. The van der Waals surface area contributed by atoms with E-state index in [2.05, 4.69) is 15.3 Å². The van der Waals surface area contributed by atoms with Crippen LogP contribution in [0.4, 0.5) is 5.69 Å². The summed E-state index contributed by atoms with van der Waals surface area (Å²) in [7, 11) is 0. The van der Waals surface area contributed by atoms with Crippen LogP contribution in [-0.2, 0) is 4.79 Å². The minimum absolute atomic E-state index is 0. The molecule has 28 heavy (non-hydrogen) atoms. The highest BCUT2D eigenvalue weighted by atomic mass is 35.5. The van der Waals surface area contributed by atoms with Gasteiger partial charge < -0.3 is 11.1 Å². The van der Waals surface area contributed by atoms with Crippen molar-refractivity contribution in [3.8, 4) is 0 Å². The van der Waals surface area contributed by atoms with Crippen LogP contribution in [0.5, 0.6) is 0 Å². The van der Waals surface area contributed by atoms with E-state index < -0.39 is 0 Å². The van der Waals surface area contributed by atoms with E-state index in [0.29, 0.717) is 11.8 Å². The van der Waals surface area contributed by atoms with Crippen molar-refractivity contribution >= 4 is 48.2 Å². The van der Waals surface area contributed by atoms with Crippen molar-refractivity contribution < 1.29 is 4.79 Å². The molecule has 0 aromatic carbocycles. The van der Waals surface area contributed by atoms with Gasteiger partial charge >= 0.3 is 0 Å². The maximum atomic E-state index is 12.8. The number of pyridine rings is 2. The second-order valence-corrected chi connectivity index (χ2v) is 8.38. The zero-order chi connectivity index (χ0) is 17.9. The lowest BCUT2D eigenvalue weighted by Gasteiger charge is -2.43. The SMILES string of the molecule is Cl.Cl.NC1C2CCCC1CC(C(=O)Nc1ccnc(Sc3ccccn3)c1)C2. The molecule has 3 N–H and O–H groups in total. The monoisotopic (exact) mass is 440 g/mol. The molecule has 2 saturated carbocycles. The molecular weight excluding hydrogens is 415 g/mol. The zero-order valence-corrected chi connectivity index (χ0v) is 17.9. The number of hydrogen-bond acceptors (Lipinski definition) is 5. The van der Waals surface area contributed by atoms with Crippen LogP contribution in [0.25, 0.3) is 0 Å². The summed E-state index contributed by atoms with van der Waals surface area (Å²) in [6.07, 6.45) is 8.93. The molecule has 0 spiro atoms. The summed E-state index contributed by atoms with van der Waals surface area (Å²) in [6, 6.07) is 9.82. The van der Waals surface area contributed by atoms with Crippen molar-refractivity contribution in [2.45, 2.75) is 48.2 Å². The van der Waals surface area contributed by atoms with Gasteiger partial charge in [0.1, 0.15) is 10.1 Å². The Morgan fingerprint density at radius 3 is 2.43 bits per heavy atom. The maximum Gasteiger partial charge on any atom is 0.227 e. The van der Waals surface area contributed by atoms with E-state index in [-0.39, 0.29) is 42.7 Å². The van der Waals surface area contributed by atoms with Gasteiger partial charge in [-0.25, -0.2) is 9.97 Å². The molecule has 0 saturated heterocycles. The highest BCUT2D eigenvalue weighted by Gasteiger charge is 2.40. The number of nitrogens with two attached hydrogens (primary N) is 1. The summed E-state index contributed by atoms with van der Waals surface area (Å²) in [6.45, 7) is 0. The second-order valence-electron chi connectivity index (χ2n) is 7.34. The molecule has 8 heteroatoms. The summed E-state index contributed by atoms with van der Waals surface area (Å²) >= 11 is 1.49. The largest absolute Gasteiger partial charge is 0.327 e. The number of nitrogens with one attached hydrogen (secondary N) is 1. The van der Waals surface area contributed by atoms with Crippen molar-refractivity contribution in [3.05, 3.63) is 42.7 Å². The number of amides is 1. The van der Waals surface area contributed by atoms with Crippen LogP contribution < -0.4 is 11.1 Å². The average Bonchev–Trinajstić information content (AvgIpc) is 2.62. The van der Waals surface area contributed by atoms with Crippen molar-refractivity contribution in [2.75, 3.05) is 5.32 Å². The first-order valence-electron chi connectivity index (χ1n) is 9.30. The Kier molecular flexibility index (Phi) is 8.56. The van der Waals surface area contributed by atoms with Crippen LogP contribution in [0.1, 0.15) is 32.1 Å². The van der Waals surface area contributed by atoms with Gasteiger partial charge in [0.25, 0.3) is 0 Å². The Hall–Kier alpha value is -1.34. The number of carbonyl (C=O) groups excluding carboxylic acids is 1. The van der Waals surface area contributed by atoms with Gasteiger partial charge in [-0.15, -0.1) is 24.8 Å². The van der Waals surface area contributed by atoms with E-state index in [4.69, 9.17) is 5.73 Å². The summed E-state index contributed by atoms with van der Waals surface area (Å²) in [4.78, 5) is 21.5. The number of fused-ring (bicyclic) bond motifs is 2. The fourth-order valence-corrected chi connectivity index (χ4v) is 5.08. The average molecular weight is 441 g/mol. The van der Waals surface area contributed by atoms with E-state index in [9.17, 15) is 4.79 Å². The smallest absolute Gasteiger partial charge is 0.227 e. The number of nitrogens with zero attached hydrogens (tertiary/aromatic N) is 2. The lowest BCUT2D eigenvalue weighted by atomic mass is 9.65. The van der Waals surface area contributed by atoms with Gasteiger partial charge in [0.05, 0.1) is 0 Å². The highest BCUT2D eigenvalue weighted by molar-refractivity contribution is 7.99. The first-order valence-corrected chi connectivity index (χ1v) is 10.1. The molecular formula is C20H26Cl2N4OS. The standard InChI is InChI=1S/C20H24N4OS.2ClH/c21-19-13-4-3-5-14(19)11-15(10-13)20(25)24-16-7-9-23-18(12-16)26-17-6-1-2-8-22-17;;/h1-2,6-9,12-15,19H,3-5,10-11,21H2,(H,23,24,25);2*1H. The minimum Gasteiger partial charge on any atom is -0.327 e. The summed E-state index contributed by atoms with van der Waals surface area (Å²) in [5.74, 6) is 1.20. The topological polar surface area (TPSA) is 80.9 Å². The minimum atomic E-state index is 0. The lowest BCUT2D eigenvalue weighted by molar-refractivity contribution is -0.122. The number of rotatable bonds is 4. The molecule has 1 amide bonds. The van der Waals surface area contributed by atoms with Crippen molar-refractivity contribution in [3.63, 3.8) is 0 Å². The molecule has 2 aromatic rings. The van der Waals surface area contributed by atoms with Gasteiger partial charge in [-0.05, 0) is 61.8 Å². The van der Waals surface area contributed by atoms with Crippen molar-refractivity contribution in [2.24, 2.45) is 23.5 Å². The van der Waals surface area contributed by atoms with Crippen LogP contribution in [0.15, 0.2) is 52.8 Å².